The fraction of sp³-hybridized carbons (Fsp3) is 0.222. The number of hydrogen-bond acceptors (Lipinski definition) is 8. The van der Waals surface area contributed by atoms with Crippen LogP contribution in [0.4, 0.5) is 11.4 Å². The number of azo groups is 1. The molecule has 8 nitrogen and oxygen atoms in total. The molecule has 0 radical (unpaired) electrons. The van der Waals surface area contributed by atoms with Crippen LogP contribution in [0.25, 0.3) is 0 Å². The molecular weight excluding hydrogens is 336 g/mol. The number of nitrogens with one attached hydrogen (secondary N) is 1. The molecule has 3 unspecified atom stereocenters. The molecule has 3 atom stereocenters. The summed E-state index contributed by atoms with van der Waals surface area (Å²) in [5.74, 6) is -0.704. The number of ether oxygens (including phenoxy) is 2. The van der Waals surface area contributed by atoms with Gasteiger partial charge in [-0.15, -0.1) is 5.11 Å². The Morgan fingerprint density at radius 3 is 2.50 bits per heavy atom. The second kappa shape index (κ2) is 6.66. The van der Waals surface area contributed by atoms with Crippen molar-refractivity contribution in [3.63, 3.8) is 0 Å². The summed E-state index contributed by atoms with van der Waals surface area (Å²) in [4.78, 5) is 12.3. The van der Waals surface area contributed by atoms with Gasteiger partial charge < -0.3 is 14.6 Å². The van der Waals surface area contributed by atoms with Gasteiger partial charge in [-0.25, -0.2) is 4.79 Å². The van der Waals surface area contributed by atoms with Gasteiger partial charge in [0.15, 0.2) is 6.10 Å². The van der Waals surface area contributed by atoms with Gasteiger partial charge in [0, 0.05) is 0 Å². The number of anilines is 1. The number of aliphatic hydroxyl groups is 1. The highest BCUT2D eigenvalue weighted by Crippen LogP contribution is 2.39. The SMILES string of the molecule is O=C1OC2C(O)COC2(N=Nc2ccccc2)/C1=N/Nc1ccccc1. The van der Waals surface area contributed by atoms with E-state index in [-0.39, 0.29) is 12.3 Å². The van der Waals surface area contributed by atoms with Crippen LogP contribution >= 0.6 is 0 Å². The molecule has 4 rings (SSSR count). The van der Waals surface area contributed by atoms with Crippen LogP contribution in [0.15, 0.2) is 76.0 Å². The van der Waals surface area contributed by atoms with Crippen molar-refractivity contribution in [2.45, 2.75) is 17.9 Å². The number of fused-ring (bicyclic) bond motifs is 1. The largest absolute Gasteiger partial charge is 0.449 e. The molecule has 132 valence electrons. The minimum atomic E-state index is -1.58. The standard InChI is InChI=1S/C18H16N4O4/c23-14-11-25-18(22-20-13-9-5-2-6-10-13)15(17(24)26-16(14)18)21-19-12-7-3-1-4-8-12/h1-10,14,16,19,23H,11H2/b21-15+,22-20?. The van der Waals surface area contributed by atoms with Crippen molar-refractivity contribution in [3.8, 4) is 0 Å². The van der Waals surface area contributed by atoms with Crippen LogP contribution in [0.3, 0.4) is 0 Å². The maximum atomic E-state index is 12.3. The van der Waals surface area contributed by atoms with Crippen molar-refractivity contribution in [2.24, 2.45) is 15.3 Å². The Morgan fingerprint density at radius 1 is 1.08 bits per heavy atom. The van der Waals surface area contributed by atoms with Crippen molar-refractivity contribution in [1.82, 2.24) is 0 Å². The zero-order chi connectivity index (χ0) is 18.0. The number of hydrazone groups is 1. The number of carbonyl (C=O) groups excluding carboxylic acids is 1. The first-order chi connectivity index (χ1) is 12.7. The first-order valence-electron chi connectivity index (χ1n) is 8.09. The highest BCUT2D eigenvalue weighted by atomic mass is 16.6. The van der Waals surface area contributed by atoms with Crippen LogP contribution in [0.2, 0.25) is 0 Å². The molecule has 2 aliphatic rings. The summed E-state index contributed by atoms with van der Waals surface area (Å²) in [5, 5.41) is 22.6. The van der Waals surface area contributed by atoms with Crippen LogP contribution in [0.1, 0.15) is 0 Å². The molecule has 2 aliphatic heterocycles. The van der Waals surface area contributed by atoms with Gasteiger partial charge >= 0.3 is 5.97 Å². The molecule has 2 saturated heterocycles. The molecule has 0 spiro atoms. The van der Waals surface area contributed by atoms with Gasteiger partial charge in [-0.05, 0) is 24.3 Å². The first-order valence-corrected chi connectivity index (χ1v) is 8.09. The molecule has 8 heteroatoms. The molecule has 2 aromatic rings. The lowest BCUT2D eigenvalue weighted by atomic mass is 10.0. The molecule has 0 aromatic heterocycles. The lowest BCUT2D eigenvalue weighted by molar-refractivity contribution is -0.141. The maximum absolute atomic E-state index is 12.3. The third-order valence-electron chi connectivity index (χ3n) is 4.12. The molecule has 0 bridgehead atoms. The molecule has 0 aliphatic carbocycles. The molecule has 0 amide bonds. The number of aliphatic hydroxyl groups excluding tert-OH is 1. The molecule has 26 heavy (non-hydrogen) atoms. The van der Waals surface area contributed by atoms with Crippen molar-refractivity contribution < 1.29 is 19.4 Å². The molecule has 2 heterocycles. The summed E-state index contributed by atoms with van der Waals surface area (Å²) in [6.07, 6.45) is -1.99. The Balaban J connectivity index is 1.69. The second-order valence-electron chi connectivity index (χ2n) is 5.87. The van der Waals surface area contributed by atoms with Gasteiger partial charge in [0.2, 0.25) is 5.71 Å². The van der Waals surface area contributed by atoms with E-state index in [1.165, 1.54) is 0 Å². The fourth-order valence-electron chi connectivity index (χ4n) is 2.84. The normalized spacial score (nSPS) is 29.1. The Morgan fingerprint density at radius 2 is 1.77 bits per heavy atom. The van der Waals surface area contributed by atoms with Gasteiger partial charge in [0.25, 0.3) is 5.72 Å². The van der Waals surface area contributed by atoms with Crippen LogP contribution in [-0.4, -0.2) is 41.3 Å². The maximum Gasteiger partial charge on any atom is 0.360 e. The summed E-state index contributed by atoms with van der Waals surface area (Å²) in [5.41, 5.74) is 2.40. The Kier molecular flexibility index (Phi) is 4.19. The Labute approximate surface area is 149 Å². The van der Waals surface area contributed by atoms with Crippen LogP contribution in [-0.2, 0) is 14.3 Å². The number of para-hydroxylation sites is 1. The van der Waals surface area contributed by atoms with Gasteiger partial charge in [-0.3, -0.25) is 5.43 Å². The molecule has 2 N–H and O–H groups in total. The summed E-state index contributed by atoms with van der Waals surface area (Å²) < 4.78 is 10.9. The minimum absolute atomic E-state index is 0.0316. The number of carbonyl (C=O) groups is 1. The van der Waals surface area contributed by atoms with E-state index in [1.807, 2.05) is 36.4 Å². The topological polar surface area (TPSA) is 105 Å². The van der Waals surface area contributed by atoms with Crippen LogP contribution in [0, 0.1) is 0 Å². The predicted octanol–water partition coefficient (Wildman–Crippen LogP) is 2.25. The van der Waals surface area contributed by atoms with Gasteiger partial charge in [0.05, 0.1) is 18.0 Å². The van der Waals surface area contributed by atoms with E-state index in [1.54, 1.807) is 24.3 Å². The van der Waals surface area contributed by atoms with Crippen LogP contribution in [0.5, 0.6) is 0 Å². The number of rotatable bonds is 4. The number of benzene rings is 2. The highest BCUT2D eigenvalue weighted by Gasteiger charge is 2.64. The van der Waals surface area contributed by atoms with E-state index < -0.39 is 23.9 Å². The van der Waals surface area contributed by atoms with E-state index in [4.69, 9.17) is 9.47 Å². The van der Waals surface area contributed by atoms with E-state index in [2.05, 4.69) is 20.8 Å². The van der Waals surface area contributed by atoms with E-state index in [0.29, 0.717) is 11.4 Å². The predicted molar refractivity (Wildman–Crippen MR) is 93.0 cm³/mol. The van der Waals surface area contributed by atoms with Gasteiger partial charge in [0.1, 0.15) is 6.10 Å². The monoisotopic (exact) mass is 352 g/mol. The zero-order valence-corrected chi connectivity index (χ0v) is 13.6. The third kappa shape index (κ3) is 2.85. The number of hydrogen-bond donors (Lipinski definition) is 2. The molecule has 2 aromatic carbocycles. The van der Waals surface area contributed by atoms with E-state index in [9.17, 15) is 9.90 Å². The lowest BCUT2D eigenvalue weighted by Crippen LogP contribution is -2.43. The van der Waals surface area contributed by atoms with Crippen LogP contribution < -0.4 is 5.43 Å². The van der Waals surface area contributed by atoms with Gasteiger partial charge in [-0.2, -0.15) is 10.2 Å². The summed E-state index contributed by atoms with van der Waals surface area (Å²) >= 11 is 0. The zero-order valence-electron chi connectivity index (χ0n) is 13.6. The summed E-state index contributed by atoms with van der Waals surface area (Å²) in [6, 6.07) is 18.1. The first kappa shape index (κ1) is 16.4. The van der Waals surface area contributed by atoms with Crippen molar-refractivity contribution in [1.29, 1.82) is 0 Å². The fourth-order valence-corrected chi connectivity index (χ4v) is 2.84. The summed E-state index contributed by atoms with van der Waals surface area (Å²) in [6.45, 7) is -0.0316. The molecule has 2 fully saturated rings. The lowest BCUT2D eigenvalue weighted by Gasteiger charge is -2.19. The number of nitrogens with zero attached hydrogens (tertiary/aromatic N) is 3. The highest BCUT2D eigenvalue weighted by molar-refractivity contribution is 6.42. The number of esters is 1. The van der Waals surface area contributed by atoms with Crippen molar-refractivity contribution in [2.75, 3.05) is 12.0 Å². The van der Waals surface area contributed by atoms with E-state index >= 15 is 0 Å². The van der Waals surface area contributed by atoms with Gasteiger partial charge in [-0.1, -0.05) is 36.4 Å². The van der Waals surface area contributed by atoms with Crippen molar-refractivity contribution in [3.05, 3.63) is 60.7 Å². The summed E-state index contributed by atoms with van der Waals surface area (Å²) in [7, 11) is 0. The van der Waals surface area contributed by atoms with E-state index in [0.717, 1.165) is 0 Å². The second-order valence-corrected chi connectivity index (χ2v) is 5.87. The average Bonchev–Trinajstić information content (AvgIpc) is 3.13. The molecule has 0 saturated carbocycles. The third-order valence-corrected chi connectivity index (χ3v) is 4.12. The Hall–Kier alpha value is -3.10. The molecular formula is C18H16N4O4. The average molecular weight is 352 g/mol. The minimum Gasteiger partial charge on any atom is -0.449 e. The smallest absolute Gasteiger partial charge is 0.360 e. The quantitative estimate of drug-likeness (QED) is 0.499. The Bertz CT molecular complexity index is 856. The van der Waals surface area contributed by atoms with Crippen molar-refractivity contribution >= 4 is 23.1 Å².